The molecular weight excluding hydrogens is 244 g/mol. The molecule has 0 aromatic heterocycles. The number of thioether (sulfide) groups is 1. The summed E-state index contributed by atoms with van der Waals surface area (Å²) in [5.74, 6) is 0.261. The summed E-state index contributed by atoms with van der Waals surface area (Å²) < 4.78 is 0. The second-order valence-corrected chi connectivity index (χ2v) is 5.62. The molecular formula is C14H20N2OS. The number of carbonyl (C=O) groups is 1. The maximum atomic E-state index is 11.4. The molecule has 1 heterocycles. The Bertz CT molecular complexity index is 405. The highest BCUT2D eigenvalue weighted by Gasteiger charge is 2.21. The zero-order chi connectivity index (χ0) is 13.0. The molecule has 0 saturated carbocycles. The number of nitrogens with one attached hydrogen (secondary N) is 1. The van der Waals surface area contributed by atoms with Crippen LogP contribution in [0.25, 0.3) is 0 Å². The number of rotatable bonds is 4. The van der Waals surface area contributed by atoms with Gasteiger partial charge in [-0.25, -0.2) is 0 Å². The molecule has 0 radical (unpaired) electrons. The molecule has 1 amide bonds. The molecule has 1 N–H and O–H groups in total. The molecule has 1 aliphatic heterocycles. The van der Waals surface area contributed by atoms with Crippen LogP contribution < -0.4 is 5.32 Å². The first-order chi connectivity index (χ1) is 8.69. The van der Waals surface area contributed by atoms with Gasteiger partial charge >= 0.3 is 0 Å². The van der Waals surface area contributed by atoms with Gasteiger partial charge in [-0.15, -0.1) is 11.8 Å². The van der Waals surface area contributed by atoms with Gasteiger partial charge in [-0.1, -0.05) is 12.1 Å². The Balaban J connectivity index is 1.82. The topological polar surface area (TPSA) is 32.3 Å². The fourth-order valence-electron chi connectivity index (χ4n) is 2.18. The molecule has 0 bridgehead atoms. The van der Waals surface area contributed by atoms with Gasteiger partial charge < -0.3 is 10.2 Å². The predicted octanol–water partition coefficient (Wildman–Crippen LogP) is 2.12. The van der Waals surface area contributed by atoms with Gasteiger partial charge in [0.25, 0.3) is 0 Å². The van der Waals surface area contributed by atoms with Crippen LogP contribution in [0, 0.1) is 0 Å². The van der Waals surface area contributed by atoms with Crippen molar-refractivity contribution in [1.29, 1.82) is 0 Å². The average molecular weight is 264 g/mol. The molecule has 1 aliphatic rings. The Kier molecular flexibility index (Phi) is 4.66. The largest absolute Gasteiger partial charge is 0.344 e. The third-order valence-electron chi connectivity index (χ3n) is 3.38. The van der Waals surface area contributed by atoms with Gasteiger partial charge in [0.2, 0.25) is 5.91 Å². The number of piperidine rings is 1. The monoisotopic (exact) mass is 264 g/mol. The van der Waals surface area contributed by atoms with Crippen LogP contribution >= 0.6 is 11.8 Å². The summed E-state index contributed by atoms with van der Waals surface area (Å²) in [5.41, 5.74) is 1.30. The number of amides is 1. The van der Waals surface area contributed by atoms with Crippen LogP contribution in [0.15, 0.2) is 29.2 Å². The lowest BCUT2D eigenvalue weighted by Crippen LogP contribution is -2.46. The van der Waals surface area contributed by atoms with Crippen molar-refractivity contribution in [2.24, 2.45) is 0 Å². The molecule has 1 atom stereocenters. The van der Waals surface area contributed by atoms with Crippen LogP contribution in [-0.4, -0.2) is 36.7 Å². The van der Waals surface area contributed by atoms with Crippen molar-refractivity contribution in [2.75, 3.05) is 19.8 Å². The van der Waals surface area contributed by atoms with Gasteiger partial charge in [0, 0.05) is 37.5 Å². The number of hydrogen-bond donors (Lipinski definition) is 1. The molecule has 1 saturated heterocycles. The molecule has 98 valence electrons. The average Bonchev–Trinajstić information content (AvgIpc) is 2.41. The Hall–Kier alpha value is -1.00. The van der Waals surface area contributed by atoms with Gasteiger partial charge in [-0.2, -0.15) is 0 Å². The van der Waals surface area contributed by atoms with Gasteiger partial charge in [0.1, 0.15) is 0 Å². The highest BCUT2D eigenvalue weighted by molar-refractivity contribution is 7.98. The normalized spacial score (nSPS) is 20.2. The van der Waals surface area contributed by atoms with Crippen molar-refractivity contribution in [3.05, 3.63) is 29.8 Å². The van der Waals surface area contributed by atoms with Gasteiger partial charge in [-0.3, -0.25) is 4.79 Å². The van der Waals surface area contributed by atoms with E-state index in [-0.39, 0.29) is 5.91 Å². The summed E-state index contributed by atoms with van der Waals surface area (Å²) in [4.78, 5) is 14.5. The van der Waals surface area contributed by atoms with Crippen LogP contribution in [0.2, 0.25) is 0 Å². The van der Waals surface area contributed by atoms with Crippen LogP contribution in [0.4, 0.5) is 0 Å². The molecule has 4 heteroatoms. The highest BCUT2D eigenvalue weighted by Crippen LogP contribution is 2.15. The van der Waals surface area contributed by atoms with Crippen LogP contribution in [-0.2, 0) is 11.3 Å². The maximum Gasteiger partial charge on any atom is 0.222 e. The van der Waals surface area contributed by atoms with Gasteiger partial charge in [-0.05, 0) is 30.4 Å². The fraction of sp³-hybridized carbons (Fsp3) is 0.500. The quantitative estimate of drug-likeness (QED) is 0.846. The summed E-state index contributed by atoms with van der Waals surface area (Å²) in [5, 5.41) is 3.53. The fourth-order valence-corrected chi connectivity index (χ4v) is 2.59. The minimum Gasteiger partial charge on any atom is -0.344 e. The van der Waals surface area contributed by atoms with Gasteiger partial charge in [0.05, 0.1) is 0 Å². The maximum absolute atomic E-state index is 11.4. The molecule has 18 heavy (non-hydrogen) atoms. The molecule has 0 spiro atoms. The van der Waals surface area contributed by atoms with Crippen molar-refractivity contribution < 1.29 is 4.79 Å². The first-order valence-corrected chi connectivity index (χ1v) is 7.52. The number of likely N-dealkylation sites (N-methyl/N-ethyl adjacent to an activating group) is 1. The first kappa shape index (κ1) is 13.4. The molecule has 3 nitrogen and oxygen atoms in total. The smallest absolute Gasteiger partial charge is 0.222 e. The summed E-state index contributed by atoms with van der Waals surface area (Å²) >= 11 is 1.76. The molecule has 1 unspecified atom stereocenters. The molecule has 2 rings (SSSR count). The summed E-state index contributed by atoms with van der Waals surface area (Å²) in [6.07, 6.45) is 3.70. The predicted molar refractivity (Wildman–Crippen MR) is 75.7 cm³/mol. The minimum atomic E-state index is 0.261. The molecule has 1 aromatic carbocycles. The van der Waals surface area contributed by atoms with E-state index in [1.54, 1.807) is 11.8 Å². The number of likely N-dealkylation sites (tertiary alicyclic amines) is 1. The molecule has 1 aromatic rings. The van der Waals surface area contributed by atoms with E-state index in [0.717, 1.165) is 19.5 Å². The van der Waals surface area contributed by atoms with Crippen LogP contribution in [0.5, 0.6) is 0 Å². The number of nitrogens with zero attached hydrogens (tertiary/aromatic N) is 1. The Labute approximate surface area is 113 Å². The minimum absolute atomic E-state index is 0.261. The second-order valence-electron chi connectivity index (χ2n) is 4.74. The number of hydrogen-bond acceptors (Lipinski definition) is 3. The Morgan fingerprint density at radius 3 is 2.72 bits per heavy atom. The van der Waals surface area contributed by atoms with Crippen molar-refractivity contribution in [2.45, 2.75) is 30.3 Å². The lowest BCUT2D eigenvalue weighted by Gasteiger charge is -2.30. The van der Waals surface area contributed by atoms with Crippen molar-refractivity contribution >= 4 is 17.7 Å². The van der Waals surface area contributed by atoms with E-state index in [1.165, 1.54) is 10.5 Å². The van der Waals surface area contributed by atoms with E-state index in [9.17, 15) is 4.79 Å². The van der Waals surface area contributed by atoms with Crippen molar-refractivity contribution in [3.63, 3.8) is 0 Å². The summed E-state index contributed by atoms with van der Waals surface area (Å²) in [6, 6.07) is 9.05. The standard InChI is InChI=1S/C14H20N2OS/c1-16-10-12(5-8-14(16)17)15-9-11-3-6-13(18-2)7-4-11/h3-4,6-7,12,15H,5,8-10H2,1-2H3. The zero-order valence-electron chi connectivity index (χ0n) is 11.0. The van der Waals surface area contributed by atoms with Gasteiger partial charge in [0.15, 0.2) is 0 Å². The first-order valence-electron chi connectivity index (χ1n) is 6.29. The van der Waals surface area contributed by atoms with E-state index in [4.69, 9.17) is 0 Å². The third-order valence-corrected chi connectivity index (χ3v) is 4.12. The molecule has 0 aliphatic carbocycles. The van der Waals surface area contributed by atoms with E-state index < -0.39 is 0 Å². The van der Waals surface area contributed by atoms with Crippen molar-refractivity contribution in [3.8, 4) is 0 Å². The second kappa shape index (κ2) is 6.25. The van der Waals surface area contributed by atoms with E-state index in [2.05, 4.69) is 35.8 Å². The summed E-state index contributed by atoms with van der Waals surface area (Å²) in [7, 11) is 1.88. The van der Waals surface area contributed by atoms with Crippen molar-refractivity contribution in [1.82, 2.24) is 10.2 Å². The van der Waals surface area contributed by atoms with E-state index >= 15 is 0 Å². The Morgan fingerprint density at radius 1 is 1.39 bits per heavy atom. The van der Waals surface area contributed by atoms with Crippen LogP contribution in [0.3, 0.4) is 0 Å². The third kappa shape index (κ3) is 3.50. The van der Waals surface area contributed by atoms with Crippen LogP contribution in [0.1, 0.15) is 18.4 Å². The zero-order valence-corrected chi connectivity index (χ0v) is 11.8. The van der Waals surface area contributed by atoms with E-state index in [1.807, 2.05) is 11.9 Å². The summed E-state index contributed by atoms with van der Waals surface area (Å²) in [6.45, 7) is 1.70. The lowest BCUT2D eigenvalue weighted by molar-refractivity contribution is -0.132. The highest BCUT2D eigenvalue weighted by atomic mass is 32.2. The van der Waals surface area contributed by atoms with E-state index in [0.29, 0.717) is 12.5 Å². The number of benzene rings is 1. The SMILES string of the molecule is CSc1ccc(CNC2CCC(=O)N(C)C2)cc1. The Morgan fingerprint density at radius 2 is 2.11 bits per heavy atom. The molecule has 1 fully saturated rings. The number of carbonyl (C=O) groups excluding carboxylic acids is 1. The lowest BCUT2D eigenvalue weighted by atomic mass is 10.1.